The van der Waals surface area contributed by atoms with Gasteiger partial charge >= 0.3 is 5.97 Å². The van der Waals surface area contributed by atoms with Crippen molar-refractivity contribution in [3.8, 4) is 0 Å². The molecule has 2 rings (SSSR count). The number of aliphatic carboxylic acids is 1. The number of hydrogen-bond acceptors (Lipinski definition) is 5. The van der Waals surface area contributed by atoms with Gasteiger partial charge in [0.15, 0.2) is 5.82 Å². The molecule has 0 bridgehead atoms. The highest BCUT2D eigenvalue weighted by molar-refractivity contribution is 5.78. The molecule has 7 heteroatoms. The number of hydrogen-bond donors (Lipinski definition) is 2. The van der Waals surface area contributed by atoms with Gasteiger partial charge in [-0.15, -0.1) is 0 Å². The minimum Gasteiger partial charge on any atom is -0.481 e. The van der Waals surface area contributed by atoms with E-state index in [0.717, 1.165) is 18.7 Å². The summed E-state index contributed by atoms with van der Waals surface area (Å²) in [5.41, 5.74) is -0.976. The molecule has 0 saturated heterocycles. The Bertz CT molecular complexity index is 533. The topological polar surface area (TPSA) is 105 Å². The summed E-state index contributed by atoms with van der Waals surface area (Å²) < 4.78 is 5.18. The van der Waals surface area contributed by atoms with Crippen LogP contribution in [0.5, 0.6) is 0 Å². The van der Waals surface area contributed by atoms with Crippen LogP contribution in [0.25, 0.3) is 0 Å². The Labute approximate surface area is 129 Å². The average Bonchev–Trinajstić information content (AvgIpc) is 3.13. The quantitative estimate of drug-likeness (QED) is 0.796. The van der Waals surface area contributed by atoms with Gasteiger partial charge in [-0.3, -0.25) is 9.59 Å². The molecule has 1 aromatic heterocycles. The second-order valence-electron chi connectivity index (χ2n) is 6.49. The molecular formula is C15H23N3O4. The zero-order chi connectivity index (χ0) is 16.2. The van der Waals surface area contributed by atoms with Crippen molar-refractivity contribution in [1.82, 2.24) is 15.5 Å². The first kappa shape index (κ1) is 16.5. The summed E-state index contributed by atoms with van der Waals surface area (Å²) in [4.78, 5) is 27.1. The van der Waals surface area contributed by atoms with Crippen molar-refractivity contribution in [3.05, 3.63) is 11.7 Å². The maximum Gasteiger partial charge on any atom is 0.310 e. The van der Waals surface area contributed by atoms with Crippen molar-refractivity contribution in [1.29, 1.82) is 0 Å². The number of rotatable bonds is 7. The lowest BCUT2D eigenvalue weighted by atomic mass is 9.94. The van der Waals surface area contributed by atoms with Gasteiger partial charge in [-0.25, -0.2) is 0 Å². The van der Waals surface area contributed by atoms with Crippen molar-refractivity contribution in [2.24, 2.45) is 5.41 Å². The maximum atomic E-state index is 11.8. The summed E-state index contributed by atoms with van der Waals surface area (Å²) >= 11 is 0. The zero-order valence-electron chi connectivity index (χ0n) is 13.1. The van der Waals surface area contributed by atoms with Crippen molar-refractivity contribution in [2.45, 2.75) is 58.3 Å². The summed E-state index contributed by atoms with van der Waals surface area (Å²) in [7, 11) is 0. The molecule has 0 unspecified atom stereocenters. The molecule has 0 atom stereocenters. The fourth-order valence-corrected chi connectivity index (χ4v) is 2.42. The van der Waals surface area contributed by atoms with Crippen molar-refractivity contribution >= 4 is 11.9 Å². The van der Waals surface area contributed by atoms with Crippen LogP contribution in [-0.2, 0) is 16.0 Å². The molecule has 7 nitrogen and oxygen atoms in total. The summed E-state index contributed by atoms with van der Waals surface area (Å²) in [6, 6.07) is 0. The Morgan fingerprint density at radius 1 is 1.36 bits per heavy atom. The molecule has 0 aliphatic heterocycles. The lowest BCUT2D eigenvalue weighted by Crippen LogP contribution is -2.38. The maximum absolute atomic E-state index is 11.8. The molecule has 1 heterocycles. The van der Waals surface area contributed by atoms with Crippen LogP contribution in [0.15, 0.2) is 4.52 Å². The predicted molar refractivity (Wildman–Crippen MR) is 78.3 cm³/mol. The Hall–Kier alpha value is -1.92. The lowest BCUT2D eigenvalue weighted by molar-refractivity contribution is -0.146. The molecule has 2 N–H and O–H groups in total. The minimum absolute atomic E-state index is 0.0956. The fraction of sp³-hybridized carbons (Fsp3) is 0.733. The van der Waals surface area contributed by atoms with Crippen LogP contribution >= 0.6 is 0 Å². The standard InChI is InChI=1S/C15H23N3O4/c1-15(2,14(20)21)9-16-11(19)7-8-12-17-13(18-22-12)10-5-3-4-6-10/h10H,3-9H2,1-2H3,(H,16,19)(H,20,21). The summed E-state index contributed by atoms with van der Waals surface area (Å²) in [5.74, 6) is 0.456. The normalized spacial score (nSPS) is 15.9. The minimum atomic E-state index is -0.976. The van der Waals surface area contributed by atoms with Gasteiger partial charge in [0.25, 0.3) is 0 Å². The van der Waals surface area contributed by atoms with Crippen molar-refractivity contribution in [3.63, 3.8) is 0 Å². The number of carboxylic acid groups (broad SMARTS) is 1. The van der Waals surface area contributed by atoms with Crippen molar-refractivity contribution < 1.29 is 19.2 Å². The number of aromatic nitrogens is 2. The second-order valence-corrected chi connectivity index (χ2v) is 6.49. The third-order valence-corrected chi connectivity index (χ3v) is 4.08. The number of amides is 1. The van der Waals surface area contributed by atoms with E-state index in [1.165, 1.54) is 12.8 Å². The van der Waals surface area contributed by atoms with E-state index >= 15 is 0 Å². The highest BCUT2D eigenvalue weighted by atomic mass is 16.5. The number of nitrogens with one attached hydrogen (secondary N) is 1. The molecule has 0 radical (unpaired) electrons. The number of nitrogens with zero attached hydrogens (tertiary/aromatic N) is 2. The van der Waals surface area contributed by atoms with E-state index in [-0.39, 0.29) is 18.9 Å². The van der Waals surface area contributed by atoms with Crippen LogP contribution in [-0.4, -0.2) is 33.7 Å². The molecule has 122 valence electrons. The number of carbonyl (C=O) groups excluding carboxylic acids is 1. The third kappa shape index (κ3) is 4.29. The Morgan fingerprint density at radius 3 is 2.68 bits per heavy atom. The van der Waals surface area contributed by atoms with E-state index in [2.05, 4.69) is 15.5 Å². The van der Waals surface area contributed by atoms with Gasteiger partial charge in [0.05, 0.1) is 5.41 Å². The van der Waals surface area contributed by atoms with Gasteiger partial charge in [0.1, 0.15) is 0 Å². The highest BCUT2D eigenvalue weighted by Crippen LogP contribution is 2.32. The third-order valence-electron chi connectivity index (χ3n) is 4.08. The van der Waals surface area contributed by atoms with E-state index in [9.17, 15) is 9.59 Å². The summed E-state index contributed by atoms with van der Waals surface area (Å²) in [6.45, 7) is 3.24. The van der Waals surface area contributed by atoms with E-state index in [1.54, 1.807) is 13.8 Å². The van der Waals surface area contributed by atoms with E-state index in [0.29, 0.717) is 18.2 Å². The van der Waals surface area contributed by atoms with Gasteiger partial charge in [0.2, 0.25) is 11.8 Å². The molecule has 1 fully saturated rings. The SMILES string of the molecule is CC(C)(CNC(=O)CCc1nc(C2CCCC2)no1)C(=O)O. The van der Waals surface area contributed by atoms with Crippen LogP contribution in [0.2, 0.25) is 0 Å². The first-order valence-electron chi connectivity index (χ1n) is 7.71. The van der Waals surface area contributed by atoms with Gasteiger partial charge in [-0.1, -0.05) is 18.0 Å². The molecular weight excluding hydrogens is 286 g/mol. The van der Waals surface area contributed by atoms with E-state index in [4.69, 9.17) is 9.63 Å². The molecule has 22 heavy (non-hydrogen) atoms. The van der Waals surface area contributed by atoms with Crippen molar-refractivity contribution in [2.75, 3.05) is 6.54 Å². The monoisotopic (exact) mass is 309 g/mol. The first-order chi connectivity index (χ1) is 10.4. The number of carboxylic acids is 1. The smallest absolute Gasteiger partial charge is 0.310 e. The van der Waals surface area contributed by atoms with Gasteiger partial charge in [-0.05, 0) is 26.7 Å². The lowest BCUT2D eigenvalue weighted by Gasteiger charge is -2.19. The van der Waals surface area contributed by atoms with Crippen LogP contribution < -0.4 is 5.32 Å². The van der Waals surface area contributed by atoms with Gasteiger partial charge in [0, 0.05) is 25.3 Å². The second kappa shape index (κ2) is 6.89. The molecule has 1 aromatic rings. The molecule has 1 aliphatic rings. The van der Waals surface area contributed by atoms with Gasteiger partial charge in [-0.2, -0.15) is 4.98 Å². The van der Waals surface area contributed by atoms with Gasteiger partial charge < -0.3 is 14.9 Å². The first-order valence-corrected chi connectivity index (χ1v) is 7.71. The Kier molecular flexibility index (Phi) is 5.15. The molecule has 1 saturated carbocycles. The summed E-state index contributed by atoms with van der Waals surface area (Å²) in [6.07, 6.45) is 5.20. The van der Waals surface area contributed by atoms with E-state index < -0.39 is 11.4 Å². The van der Waals surface area contributed by atoms with Crippen LogP contribution in [0.4, 0.5) is 0 Å². The molecule has 1 amide bonds. The largest absolute Gasteiger partial charge is 0.481 e. The molecule has 0 aromatic carbocycles. The number of carbonyl (C=O) groups is 2. The Morgan fingerprint density at radius 2 is 2.05 bits per heavy atom. The predicted octanol–water partition coefficient (Wildman–Crippen LogP) is 1.89. The molecule has 0 spiro atoms. The number of aryl methyl sites for hydroxylation is 1. The Balaban J connectivity index is 1.75. The zero-order valence-corrected chi connectivity index (χ0v) is 13.1. The summed E-state index contributed by atoms with van der Waals surface area (Å²) in [5, 5.41) is 15.6. The average molecular weight is 309 g/mol. The van der Waals surface area contributed by atoms with E-state index in [1.807, 2.05) is 0 Å². The van der Waals surface area contributed by atoms with Crippen LogP contribution in [0.1, 0.15) is 63.6 Å². The van der Waals surface area contributed by atoms with Crippen LogP contribution in [0, 0.1) is 5.41 Å². The molecule has 1 aliphatic carbocycles. The highest BCUT2D eigenvalue weighted by Gasteiger charge is 2.27. The fourth-order valence-electron chi connectivity index (χ4n) is 2.42. The van der Waals surface area contributed by atoms with Crippen LogP contribution in [0.3, 0.4) is 0 Å².